The number of allylic oxidation sites excluding steroid dienone is 1. The van der Waals surface area contributed by atoms with Crippen LogP contribution in [0.5, 0.6) is 0 Å². The van der Waals surface area contributed by atoms with Crippen LogP contribution >= 0.6 is 0 Å². The first-order valence-electron chi connectivity index (χ1n) is 8.28. The minimum absolute atomic E-state index is 0.115. The van der Waals surface area contributed by atoms with Gasteiger partial charge in [0.1, 0.15) is 23.4 Å². The van der Waals surface area contributed by atoms with Crippen molar-refractivity contribution < 1.29 is 9.13 Å². The molecule has 1 fully saturated rings. The van der Waals surface area contributed by atoms with Gasteiger partial charge in [0, 0.05) is 5.56 Å². The predicted molar refractivity (Wildman–Crippen MR) is 96.6 cm³/mol. The van der Waals surface area contributed by atoms with Gasteiger partial charge in [-0.2, -0.15) is 5.26 Å². The van der Waals surface area contributed by atoms with Crippen LogP contribution in [0.2, 0.25) is 0 Å². The third-order valence-electron chi connectivity index (χ3n) is 4.30. The molecule has 0 spiro atoms. The second kappa shape index (κ2) is 6.97. The molecule has 0 bridgehead atoms. The Balaban J connectivity index is 1.70. The molecule has 3 heterocycles. The minimum Gasteiger partial charge on any atom is -0.377 e. The Kier molecular flexibility index (Phi) is 4.36. The van der Waals surface area contributed by atoms with E-state index in [-0.39, 0.29) is 17.6 Å². The summed E-state index contributed by atoms with van der Waals surface area (Å²) in [4.78, 5) is 11.4. The maximum Gasteiger partial charge on any atom is 0.137 e. The Bertz CT molecular complexity index is 1050. The van der Waals surface area contributed by atoms with Crippen LogP contribution in [0.25, 0.3) is 17.3 Å². The van der Waals surface area contributed by atoms with Gasteiger partial charge in [-0.05, 0) is 36.4 Å². The second-order valence-corrected chi connectivity index (χ2v) is 6.09. The smallest absolute Gasteiger partial charge is 0.137 e. The zero-order valence-electron chi connectivity index (χ0n) is 14.2. The number of hydrogen-bond donors (Lipinski definition) is 2. The number of nitriles is 1. The molecule has 0 aliphatic carbocycles. The van der Waals surface area contributed by atoms with Crippen LogP contribution in [-0.2, 0) is 4.74 Å². The number of imidazole rings is 2. The van der Waals surface area contributed by atoms with E-state index in [1.165, 1.54) is 18.3 Å². The Morgan fingerprint density at radius 1 is 1.33 bits per heavy atom. The van der Waals surface area contributed by atoms with Crippen LogP contribution in [0, 0.1) is 22.6 Å². The highest BCUT2D eigenvalue weighted by atomic mass is 19.1. The Morgan fingerprint density at radius 2 is 2.11 bits per heavy atom. The molecule has 1 aromatic carbocycles. The van der Waals surface area contributed by atoms with Gasteiger partial charge in [0.2, 0.25) is 0 Å². The van der Waals surface area contributed by atoms with Crippen molar-refractivity contribution in [3.8, 4) is 17.3 Å². The Labute approximate surface area is 154 Å². The molecule has 3 aromatic rings. The number of nitrogens with zero attached hydrogens (tertiary/aromatic N) is 4. The first-order valence-corrected chi connectivity index (χ1v) is 8.28. The lowest BCUT2D eigenvalue weighted by Crippen LogP contribution is -2.32. The van der Waals surface area contributed by atoms with Gasteiger partial charge in [-0.3, -0.25) is 5.41 Å². The summed E-state index contributed by atoms with van der Waals surface area (Å²) in [6.07, 6.45) is 6.35. The standard InChI is InChI=1S/C19H15FN6O/c20-13-3-1-12(2-4-13)18-19(26(11-24-18)15-9-27-10-15)16(22)5-6-17-23-8-14(7-21)25-17/h1-6,8,11,15,22H,9-10H2,(H,23,25)/b6-5-,22-16?. The van der Waals surface area contributed by atoms with Crippen LogP contribution in [0.3, 0.4) is 0 Å². The molecule has 0 radical (unpaired) electrons. The summed E-state index contributed by atoms with van der Waals surface area (Å²) in [6.45, 7) is 1.12. The van der Waals surface area contributed by atoms with Crippen molar-refractivity contribution in [1.82, 2.24) is 19.5 Å². The molecular weight excluding hydrogens is 347 g/mol. The molecule has 4 rings (SSSR count). The van der Waals surface area contributed by atoms with Crippen molar-refractivity contribution in [2.45, 2.75) is 6.04 Å². The first-order chi connectivity index (χ1) is 13.2. The number of ether oxygens (including phenoxy) is 1. The predicted octanol–water partition coefficient (Wildman–Crippen LogP) is 2.94. The van der Waals surface area contributed by atoms with E-state index in [1.54, 1.807) is 30.6 Å². The summed E-state index contributed by atoms with van der Waals surface area (Å²) in [5, 5.41) is 17.4. The van der Waals surface area contributed by atoms with Crippen LogP contribution in [0.15, 0.2) is 42.9 Å². The van der Waals surface area contributed by atoms with Gasteiger partial charge in [-0.15, -0.1) is 0 Å². The number of rotatable bonds is 5. The fourth-order valence-electron chi connectivity index (χ4n) is 2.83. The maximum atomic E-state index is 13.3. The van der Waals surface area contributed by atoms with Crippen molar-refractivity contribution >= 4 is 11.8 Å². The Hall–Kier alpha value is -3.57. The summed E-state index contributed by atoms with van der Waals surface area (Å²) in [7, 11) is 0. The topological polar surface area (TPSA) is 103 Å². The van der Waals surface area contributed by atoms with E-state index in [9.17, 15) is 4.39 Å². The fraction of sp³-hybridized carbons (Fsp3) is 0.158. The van der Waals surface area contributed by atoms with Gasteiger partial charge >= 0.3 is 0 Å². The van der Waals surface area contributed by atoms with Crippen LogP contribution in [0.1, 0.15) is 23.3 Å². The van der Waals surface area contributed by atoms with E-state index in [0.29, 0.717) is 36.1 Å². The highest BCUT2D eigenvalue weighted by molar-refractivity contribution is 6.10. The second-order valence-electron chi connectivity index (χ2n) is 6.09. The van der Waals surface area contributed by atoms with Crippen LogP contribution in [0.4, 0.5) is 4.39 Å². The van der Waals surface area contributed by atoms with E-state index in [2.05, 4.69) is 15.0 Å². The fourth-order valence-corrected chi connectivity index (χ4v) is 2.83. The molecule has 1 aliphatic rings. The molecule has 1 aliphatic heterocycles. The largest absolute Gasteiger partial charge is 0.377 e. The number of aromatic nitrogens is 4. The van der Waals surface area contributed by atoms with Gasteiger partial charge in [-0.25, -0.2) is 14.4 Å². The number of aromatic amines is 1. The lowest BCUT2D eigenvalue weighted by molar-refractivity contribution is -0.0235. The van der Waals surface area contributed by atoms with Gasteiger partial charge in [0.15, 0.2) is 0 Å². The van der Waals surface area contributed by atoms with Crippen molar-refractivity contribution in [3.63, 3.8) is 0 Å². The third kappa shape index (κ3) is 3.28. The zero-order chi connectivity index (χ0) is 18.8. The third-order valence-corrected chi connectivity index (χ3v) is 4.30. The molecule has 2 N–H and O–H groups in total. The minimum atomic E-state index is -0.326. The summed E-state index contributed by atoms with van der Waals surface area (Å²) < 4.78 is 20.5. The molecule has 2 aromatic heterocycles. The van der Waals surface area contributed by atoms with Gasteiger partial charge in [0.25, 0.3) is 0 Å². The Morgan fingerprint density at radius 3 is 2.74 bits per heavy atom. The number of benzene rings is 1. The average Bonchev–Trinajstić information content (AvgIpc) is 3.26. The van der Waals surface area contributed by atoms with Crippen LogP contribution < -0.4 is 0 Å². The molecule has 8 heteroatoms. The van der Waals surface area contributed by atoms with Crippen molar-refractivity contribution in [2.24, 2.45) is 0 Å². The van der Waals surface area contributed by atoms with E-state index >= 15 is 0 Å². The van der Waals surface area contributed by atoms with Crippen molar-refractivity contribution in [2.75, 3.05) is 13.2 Å². The van der Waals surface area contributed by atoms with Gasteiger partial charge in [-0.1, -0.05) is 0 Å². The molecule has 7 nitrogen and oxygen atoms in total. The summed E-state index contributed by atoms with van der Waals surface area (Å²) in [5.74, 6) is 0.158. The van der Waals surface area contributed by atoms with E-state index in [4.69, 9.17) is 15.4 Å². The quantitative estimate of drug-likeness (QED) is 0.681. The van der Waals surface area contributed by atoms with E-state index < -0.39 is 0 Å². The van der Waals surface area contributed by atoms with E-state index in [0.717, 1.165) is 5.56 Å². The maximum absolute atomic E-state index is 13.3. The zero-order valence-corrected chi connectivity index (χ0v) is 14.2. The molecular formula is C19H15FN6O. The number of halogens is 1. The van der Waals surface area contributed by atoms with Gasteiger partial charge < -0.3 is 14.3 Å². The molecule has 0 amide bonds. The van der Waals surface area contributed by atoms with Crippen LogP contribution in [-0.4, -0.2) is 38.4 Å². The summed E-state index contributed by atoms with van der Waals surface area (Å²) >= 11 is 0. The van der Waals surface area contributed by atoms with Crippen molar-refractivity contribution in [3.05, 3.63) is 65.9 Å². The summed E-state index contributed by atoms with van der Waals surface area (Å²) in [5.41, 5.74) is 2.54. The molecule has 0 unspecified atom stereocenters. The normalized spacial score (nSPS) is 14.2. The molecule has 0 saturated carbocycles. The average molecular weight is 362 g/mol. The van der Waals surface area contributed by atoms with Crippen molar-refractivity contribution in [1.29, 1.82) is 10.7 Å². The molecule has 0 atom stereocenters. The number of H-pyrrole nitrogens is 1. The monoisotopic (exact) mass is 362 g/mol. The highest BCUT2D eigenvalue weighted by Gasteiger charge is 2.26. The molecule has 1 saturated heterocycles. The summed E-state index contributed by atoms with van der Waals surface area (Å²) in [6, 6.07) is 8.12. The lowest BCUT2D eigenvalue weighted by Gasteiger charge is -2.28. The molecule has 27 heavy (non-hydrogen) atoms. The molecule has 134 valence electrons. The number of hydrogen-bond acceptors (Lipinski definition) is 5. The highest BCUT2D eigenvalue weighted by Crippen LogP contribution is 2.28. The van der Waals surface area contributed by atoms with E-state index in [1.807, 2.05) is 10.6 Å². The SMILES string of the molecule is N#Cc1cnc(/C=C\C(=N)c2c(-c3ccc(F)cc3)ncn2C2COC2)[nH]1. The number of nitrogens with one attached hydrogen (secondary N) is 2. The first kappa shape index (κ1) is 16.9. The van der Waals surface area contributed by atoms with Gasteiger partial charge in [0.05, 0.1) is 48.9 Å². The lowest BCUT2D eigenvalue weighted by atomic mass is 10.1.